The number of halogens is 1. The second kappa shape index (κ2) is 3.35. The van der Waals surface area contributed by atoms with Crippen LogP contribution >= 0.6 is 11.6 Å². The molecule has 1 N–H and O–H groups in total. The Morgan fingerprint density at radius 3 is 2.50 bits per heavy atom. The van der Waals surface area contributed by atoms with Gasteiger partial charge in [0.25, 0.3) is 5.91 Å². The second-order valence-electron chi connectivity index (χ2n) is 3.74. The van der Waals surface area contributed by atoms with Crippen molar-refractivity contribution in [2.75, 3.05) is 5.88 Å². The van der Waals surface area contributed by atoms with E-state index in [1.54, 1.807) is 0 Å². The van der Waals surface area contributed by atoms with Crippen LogP contribution in [0.25, 0.3) is 0 Å². The third-order valence-corrected chi connectivity index (χ3v) is 3.18. The van der Waals surface area contributed by atoms with E-state index in [0.29, 0.717) is 12.8 Å². The van der Waals surface area contributed by atoms with Gasteiger partial charge in [0.15, 0.2) is 0 Å². The van der Waals surface area contributed by atoms with Crippen LogP contribution in [0.3, 0.4) is 0 Å². The first-order chi connectivity index (χ1) is 6.69. The molecule has 0 saturated heterocycles. The molecule has 1 fully saturated rings. The fraction of sp³-hybridized carbons (Fsp3) is 0.667. The highest BCUT2D eigenvalue weighted by Gasteiger charge is 2.50. The van der Waals surface area contributed by atoms with Gasteiger partial charge in [-0.2, -0.15) is 4.99 Å². The van der Waals surface area contributed by atoms with Gasteiger partial charge in [-0.25, -0.2) is 0 Å². The maximum Gasteiger partial charge on any atom is 0.263 e. The fourth-order valence-corrected chi connectivity index (χ4v) is 2.21. The Balaban J connectivity index is 2.33. The molecule has 0 atom stereocenters. The molecule has 5 heteroatoms. The third kappa shape index (κ3) is 1.25. The summed E-state index contributed by atoms with van der Waals surface area (Å²) in [4.78, 5) is 27.2. The average Bonchev–Trinajstić information content (AvgIpc) is 2.64. The summed E-state index contributed by atoms with van der Waals surface area (Å²) < 4.78 is 0. The van der Waals surface area contributed by atoms with Crippen LogP contribution in [-0.2, 0) is 9.59 Å². The lowest BCUT2D eigenvalue weighted by Gasteiger charge is -2.27. The van der Waals surface area contributed by atoms with Crippen LogP contribution in [-0.4, -0.2) is 23.5 Å². The molecule has 0 aromatic heterocycles. The van der Waals surface area contributed by atoms with Crippen molar-refractivity contribution in [1.29, 1.82) is 0 Å². The van der Waals surface area contributed by atoms with Crippen LogP contribution < -0.4 is 5.32 Å². The molecule has 0 radical (unpaired) electrons. The number of carbonyl (C=O) groups excluding carboxylic acids is 2. The topological polar surface area (TPSA) is 58.5 Å². The van der Waals surface area contributed by atoms with Gasteiger partial charge in [-0.3, -0.25) is 9.59 Å². The Bertz CT molecular complexity index is 319. The molecule has 2 aliphatic rings. The summed E-state index contributed by atoms with van der Waals surface area (Å²) in [5.41, 5.74) is -0.866. The number of amidine groups is 1. The van der Waals surface area contributed by atoms with Crippen molar-refractivity contribution >= 4 is 29.3 Å². The molecule has 2 rings (SSSR count). The quantitative estimate of drug-likeness (QED) is 0.520. The number of carbonyl (C=O) groups is 2. The smallest absolute Gasteiger partial charge is 0.263 e. The molecule has 4 nitrogen and oxygen atoms in total. The molecular formula is C9H11ClN2O2. The number of nitrogens with zero attached hydrogens (tertiary/aromatic N) is 1. The van der Waals surface area contributed by atoms with Gasteiger partial charge in [0.1, 0.15) is 11.3 Å². The van der Waals surface area contributed by atoms with E-state index < -0.39 is 5.41 Å². The van der Waals surface area contributed by atoms with Gasteiger partial charge < -0.3 is 5.32 Å². The molecule has 0 bridgehead atoms. The van der Waals surface area contributed by atoms with Gasteiger partial charge in [-0.15, -0.1) is 11.6 Å². The van der Waals surface area contributed by atoms with Gasteiger partial charge in [-0.05, 0) is 12.8 Å². The minimum Gasteiger partial charge on any atom is -0.312 e. The predicted molar refractivity (Wildman–Crippen MR) is 52.2 cm³/mol. The Labute approximate surface area is 86.7 Å². The zero-order chi connectivity index (χ0) is 10.2. The maximum absolute atomic E-state index is 11.7. The molecule has 76 valence electrons. The molecule has 1 aliphatic heterocycles. The number of aliphatic imine (C=N–C) groups is 1. The highest BCUT2D eigenvalue weighted by atomic mass is 35.5. The summed E-state index contributed by atoms with van der Waals surface area (Å²) in [6.45, 7) is 0. The molecule has 1 heterocycles. The van der Waals surface area contributed by atoms with E-state index in [1.165, 1.54) is 0 Å². The summed E-state index contributed by atoms with van der Waals surface area (Å²) in [5.74, 6) is -0.174. The van der Waals surface area contributed by atoms with Crippen LogP contribution in [0.1, 0.15) is 25.7 Å². The third-order valence-electron chi connectivity index (χ3n) is 2.92. The first kappa shape index (κ1) is 9.65. The standard InChI is InChI=1S/C9H11ClN2O2/c10-5-6-11-7(13)9(8(14)12-6)3-1-2-4-9/h1-5H2,(H,11,12,13,14). The Morgan fingerprint density at radius 1 is 1.36 bits per heavy atom. The van der Waals surface area contributed by atoms with Gasteiger partial charge in [0.05, 0.1) is 5.88 Å². The molecule has 1 spiro atoms. The Morgan fingerprint density at radius 2 is 2.00 bits per heavy atom. The first-order valence-corrected chi connectivity index (χ1v) is 5.22. The lowest BCUT2D eigenvalue weighted by atomic mass is 9.83. The normalized spacial score (nSPS) is 25.1. The molecule has 2 amide bonds. The molecule has 0 unspecified atom stereocenters. The van der Waals surface area contributed by atoms with E-state index in [1.807, 2.05) is 0 Å². The molecule has 0 aromatic rings. The number of hydrogen-bond donors (Lipinski definition) is 1. The van der Waals surface area contributed by atoms with Gasteiger partial charge >= 0.3 is 0 Å². The number of rotatable bonds is 1. The van der Waals surface area contributed by atoms with E-state index in [-0.39, 0.29) is 23.5 Å². The molecular weight excluding hydrogens is 204 g/mol. The average molecular weight is 215 g/mol. The molecule has 0 aromatic carbocycles. The number of amides is 2. The number of nitrogens with one attached hydrogen (secondary N) is 1. The van der Waals surface area contributed by atoms with Crippen LogP contribution in [0.15, 0.2) is 4.99 Å². The summed E-state index contributed by atoms with van der Waals surface area (Å²) in [5, 5.41) is 2.59. The van der Waals surface area contributed by atoms with Crippen LogP contribution in [0, 0.1) is 5.41 Å². The van der Waals surface area contributed by atoms with Crippen molar-refractivity contribution in [3.63, 3.8) is 0 Å². The van der Waals surface area contributed by atoms with Crippen molar-refractivity contribution in [3.8, 4) is 0 Å². The van der Waals surface area contributed by atoms with Crippen LogP contribution in [0.2, 0.25) is 0 Å². The minimum absolute atomic E-state index is 0.0769. The minimum atomic E-state index is -0.866. The first-order valence-electron chi connectivity index (χ1n) is 4.68. The monoisotopic (exact) mass is 214 g/mol. The highest BCUT2D eigenvalue weighted by Crippen LogP contribution is 2.40. The van der Waals surface area contributed by atoms with E-state index >= 15 is 0 Å². The summed E-state index contributed by atoms with van der Waals surface area (Å²) >= 11 is 5.51. The van der Waals surface area contributed by atoms with Crippen molar-refractivity contribution in [3.05, 3.63) is 0 Å². The summed E-state index contributed by atoms with van der Waals surface area (Å²) in [6, 6.07) is 0. The largest absolute Gasteiger partial charge is 0.312 e. The highest BCUT2D eigenvalue weighted by molar-refractivity contribution is 6.32. The van der Waals surface area contributed by atoms with E-state index in [0.717, 1.165) is 12.8 Å². The zero-order valence-corrected chi connectivity index (χ0v) is 8.43. The lowest BCUT2D eigenvalue weighted by molar-refractivity contribution is -0.141. The van der Waals surface area contributed by atoms with Gasteiger partial charge in [-0.1, -0.05) is 12.8 Å². The molecule has 1 aliphatic carbocycles. The van der Waals surface area contributed by atoms with E-state index in [4.69, 9.17) is 11.6 Å². The van der Waals surface area contributed by atoms with Crippen LogP contribution in [0.4, 0.5) is 0 Å². The number of hydrogen-bond acceptors (Lipinski definition) is 2. The van der Waals surface area contributed by atoms with E-state index in [9.17, 15) is 9.59 Å². The van der Waals surface area contributed by atoms with E-state index in [2.05, 4.69) is 10.3 Å². The summed E-state index contributed by atoms with van der Waals surface area (Å²) in [6.07, 6.45) is 3.09. The van der Waals surface area contributed by atoms with Crippen molar-refractivity contribution < 1.29 is 9.59 Å². The van der Waals surface area contributed by atoms with Crippen molar-refractivity contribution in [1.82, 2.24) is 5.32 Å². The SMILES string of the molecule is O=C1N=C(CCl)NC(=O)C12CCCC2. The van der Waals surface area contributed by atoms with Gasteiger partial charge in [0, 0.05) is 0 Å². The molecule has 14 heavy (non-hydrogen) atoms. The van der Waals surface area contributed by atoms with Crippen molar-refractivity contribution in [2.24, 2.45) is 10.4 Å². The van der Waals surface area contributed by atoms with Crippen molar-refractivity contribution in [2.45, 2.75) is 25.7 Å². The second-order valence-corrected chi connectivity index (χ2v) is 4.01. The lowest BCUT2D eigenvalue weighted by Crippen LogP contribution is -2.51. The number of alkyl halides is 1. The van der Waals surface area contributed by atoms with Crippen LogP contribution in [0.5, 0.6) is 0 Å². The molecule has 1 saturated carbocycles. The Hall–Kier alpha value is -0.900. The fourth-order valence-electron chi connectivity index (χ4n) is 2.09. The zero-order valence-electron chi connectivity index (χ0n) is 7.68. The Kier molecular flexibility index (Phi) is 2.31. The van der Waals surface area contributed by atoms with Gasteiger partial charge in [0.2, 0.25) is 5.91 Å². The summed E-state index contributed by atoms with van der Waals surface area (Å²) in [7, 11) is 0. The maximum atomic E-state index is 11.7. The predicted octanol–water partition coefficient (Wildman–Crippen LogP) is 0.841.